The second-order valence-corrected chi connectivity index (χ2v) is 12.3. The smallest absolute Gasteiger partial charge is 0.256 e. The molecule has 6 nitrogen and oxygen atoms in total. The first-order valence-electron chi connectivity index (χ1n) is 12.3. The Hall–Kier alpha value is -3.10. The molecule has 3 rings (SSSR count). The summed E-state index contributed by atoms with van der Waals surface area (Å²) in [5, 5.41) is 6.00. The molecule has 0 bridgehead atoms. The molecule has 0 saturated carbocycles. The summed E-state index contributed by atoms with van der Waals surface area (Å²) in [6.07, 6.45) is 3.86. The number of rotatable bonds is 8. The summed E-state index contributed by atoms with van der Waals surface area (Å²) in [7, 11) is 0. The highest BCUT2D eigenvalue weighted by atomic mass is 32.2. The van der Waals surface area contributed by atoms with Crippen LogP contribution in [0.25, 0.3) is 0 Å². The monoisotopic (exact) mass is 552 g/mol. The average Bonchev–Trinajstić information content (AvgIpc) is 2.84. The molecule has 0 spiro atoms. The fourth-order valence-electron chi connectivity index (χ4n) is 3.63. The second-order valence-electron chi connectivity index (χ2n) is 10.6. The summed E-state index contributed by atoms with van der Waals surface area (Å²) >= 11 is 3.00. The number of anilines is 2. The summed E-state index contributed by atoms with van der Waals surface area (Å²) in [6.45, 7) is 11.6. The van der Waals surface area contributed by atoms with Gasteiger partial charge in [0, 0.05) is 15.9 Å². The van der Waals surface area contributed by atoms with Gasteiger partial charge in [-0.2, -0.15) is 0 Å². The predicted molar refractivity (Wildman–Crippen MR) is 160 cm³/mol. The Labute approximate surface area is 234 Å². The van der Waals surface area contributed by atoms with Crippen molar-refractivity contribution >= 4 is 46.7 Å². The summed E-state index contributed by atoms with van der Waals surface area (Å²) in [5.41, 5.74) is 0.869. The number of nitrogens with one attached hydrogen (secondary N) is 2. The maximum absolute atomic E-state index is 13.4. The van der Waals surface area contributed by atoms with Gasteiger partial charge in [0.05, 0.1) is 22.5 Å². The Kier molecular flexibility index (Phi) is 9.44. The molecule has 8 heteroatoms. The van der Waals surface area contributed by atoms with E-state index in [-0.39, 0.29) is 11.8 Å². The topological polar surface area (TPSA) is 76.7 Å². The summed E-state index contributed by atoms with van der Waals surface area (Å²) < 4.78 is 12.5. The number of amides is 2. The molecule has 0 aliphatic rings. The van der Waals surface area contributed by atoms with Gasteiger partial charge in [-0.3, -0.25) is 9.59 Å². The molecule has 0 fully saturated rings. The summed E-state index contributed by atoms with van der Waals surface area (Å²) in [6, 6.07) is 18.2. The molecule has 0 aromatic heterocycles. The maximum Gasteiger partial charge on any atom is 0.256 e. The lowest BCUT2D eigenvalue weighted by molar-refractivity contribution is 0.101. The number of ether oxygens (including phenoxy) is 2. The van der Waals surface area contributed by atoms with Gasteiger partial charge in [0.2, 0.25) is 0 Å². The van der Waals surface area contributed by atoms with Crippen molar-refractivity contribution in [2.75, 3.05) is 23.1 Å². The van der Waals surface area contributed by atoms with E-state index in [9.17, 15) is 9.59 Å². The van der Waals surface area contributed by atoms with Gasteiger partial charge >= 0.3 is 0 Å². The highest BCUT2D eigenvalue weighted by Gasteiger charge is 2.24. The number of thioether (sulfide) groups is 2. The maximum atomic E-state index is 13.4. The van der Waals surface area contributed by atoms with Crippen LogP contribution in [0.1, 0.15) is 62.3 Å². The third-order valence-corrected chi connectivity index (χ3v) is 6.71. The average molecular weight is 553 g/mol. The Morgan fingerprint density at radius 1 is 0.632 bits per heavy atom. The fourth-order valence-corrected chi connectivity index (χ4v) is 4.82. The summed E-state index contributed by atoms with van der Waals surface area (Å²) in [5.74, 6) is 0.329. The predicted octanol–water partition coefficient (Wildman–Crippen LogP) is 7.99. The largest absolute Gasteiger partial charge is 0.486 e. The zero-order valence-electron chi connectivity index (χ0n) is 23.2. The molecule has 0 aliphatic carbocycles. The fraction of sp³-hybridized carbons (Fsp3) is 0.333. The van der Waals surface area contributed by atoms with Crippen molar-refractivity contribution in [2.45, 2.75) is 62.5 Å². The van der Waals surface area contributed by atoms with Crippen LogP contribution >= 0.6 is 23.5 Å². The van der Waals surface area contributed by atoms with Crippen molar-refractivity contribution in [3.63, 3.8) is 0 Å². The van der Waals surface area contributed by atoms with Crippen LogP contribution in [-0.4, -0.2) is 35.5 Å². The first kappa shape index (κ1) is 29.5. The van der Waals surface area contributed by atoms with Crippen LogP contribution in [0.5, 0.6) is 11.5 Å². The van der Waals surface area contributed by atoms with E-state index in [0.29, 0.717) is 34.0 Å². The van der Waals surface area contributed by atoms with Gasteiger partial charge in [0.1, 0.15) is 22.7 Å². The first-order valence-corrected chi connectivity index (χ1v) is 14.7. The van der Waals surface area contributed by atoms with Gasteiger partial charge in [-0.15, -0.1) is 23.5 Å². The van der Waals surface area contributed by atoms with Gasteiger partial charge in [-0.05, 0) is 84.4 Å². The van der Waals surface area contributed by atoms with Crippen molar-refractivity contribution in [1.29, 1.82) is 0 Å². The van der Waals surface area contributed by atoms with E-state index >= 15 is 0 Å². The molecule has 0 saturated heterocycles. The molecular formula is C30H36N2O4S2. The number of benzene rings is 3. The van der Waals surface area contributed by atoms with E-state index in [4.69, 9.17) is 9.47 Å². The van der Waals surface area contributed by atoms with Crippen LogP contribution < -0.4 is 20.1 Å². The van der Waals surface area contributed by atoms with Crippen molar-refractivity contribution < 1.29 is 19.1 Å². The second kappa shape index (κ2) is 12.2. The van der Waals surface area contributed by atoms with Crippen LogP contribution in [-0.2, 0) is 0 Å². The lowest BCUT2D eigenvalue weighted by Crippen LogP contribution is -2.26. The van der Waals surface area contributed by atoms with Crippen molar-refractivity contribution in [2.24, 2.45) is 0 Å². The van der Waals surface area contributed by atoms with E-state index in [2.05, 4.69) is 10.6 Å². The zero-order valence-corrected chi connectivity index (χ0v) is 24.9. The molecule has 2 N–H and O–H groups in total. The van der Waals surface area contributed by atoms with E-state index in [0.717, 1.165) is 9.79 Å². The first-order chi connectivity index (χ1) is 17.8. The third-order valence-electron chi connectivity index (χ3n) is 5.11. The standard InChI is InChI=1S/C30H36N2O4S2/c1-29(2,3)35-23-18-24(36-30(4,5)6)22(32-28(34)20-14-10-12-16-26(20)38-8)17-21(23)31-27(33)19-13-9-11-15-25(19)37-7/h9-18H,1-8H3,(H,31,33)(H,32,34). The van der Waals surface area contributed by atoms with Crippen LogP contribution in [0, 0.1) is 0 Å². The van der Waals surface area contributed by atoms with Crippen LogP contribution in [0.3, 0.4) is 0 Å². The van der Waals surface area contributed by atoms with E-state index in [1.54, 1.807) is 24.3 Å². The highest BCUT2D eigenvalue weighted by Crippen LogP contribution is 2.40. The van der Waals surface area contributed by atoms with E-state index < -0.39 is 11.2 Å². The minimum absolute atomic E-state index is 0.275. The normalized spacial score (nSPS) is 11.6. The van der Waals surface area contributed by atoms with Gasteiger partial charge in [-0.1, -0.05) is 24.3 Å². The minimum atomic E-state index is -0.544. The number of hydrogen-bond acceptors (Lipinski definition) is 6. The molecule has 0 heterocycles. The number of carbonyl (C=O) groups is 2. The molecule has 3 aromatic carbocycles. The molecule has 202 valence electrons. The molecule has 0 aliphatic heterocycles. The van der Waals surface area contributed by atoms with Gasteiger partial charge in [0.25, 0.3) is 11.8 Å². The molecule has 3 aromatic rings. The van der Waals surface area contributed by atoms with Crippen LogP contribution in [0.4, 0.5) is 11.4 Å². The Bertz CT molecular complexity index is 1210. The molecule has 0 atom stereocenters. The number of carbonyl (C=O) groups excluding carboxylic acids is 2. The van der Waals surface area contributed by atoms with Gasteiger partial charge < -0.3 is 20.1 Å². The van der Waals surface area contributed by atoms with E-state index in [1.165, 1.54) is 23.5 Å². The lowest BCUT2D eigenvalue weighted by Gasteiger charge is -2.28. The SMILES string of the molecule is CSc1ccccc1C(=O)Nc1cc(NC(=O)c2ccccc2SC)c(OC(C)(C)C)cc1OC(C)(C)C. The third kappa shape index (κ3) is 7.95. The molecule has 38 heavy (non-hydrogen) atoms. The van der Waals surface area contributed by atoms with Crippen molar-refractivity contribution in [1.82, 2.24) is 0 Å². The number of hydrogen-bond donors (Lipinski definition) is 2. The lowest BCUT2D eigenvalue weighted by atomic mass is 10.1. The highest BCUT2D eigenvalue weighted by molar-refractivity contribution is 7.99. The quantitative estimate of drug-likeness (QED) is 0.276. The molecular weight excluding hydrogens is 516 g/mol. The molecule has 2 amide bonds. The van der Waals surface area contributed by atoms with Gasteiger partial charge in [0.15, 0.2) is 0 Å². The minimum Gasteiger partial charge on any atom is -0.486 e. The van der Waals surface area contributed by atoms with E-state index in [1.807, 2.05) is 90.5 Å². The Morgan fingerprint density at radius 3 is 1.34 bits per heavy atom. The zero-order chi connectivity index (χ0) is 28.1. The summed E-state index contributed by atoms with van der Waals surface area (Å²) in [4.78, 5) is 28.4. The van der Waals surface area contributed by atoms with Crippen molar-refractivity contribution in [3.8, 4) is 11.5 Å². The molecule has 0 unspecified atom stereocenters. The van der Waals surface area contributed by atoms with Crippen LogP contribution in [0.15, 0.2) is 70.5 Å². The Balaban J connectivity index is 2.11. The van der Waals surface area contributed by atoms with Gasteiger partial charge in [-0.25, -0.2) is 0 Å². The van der Waals surface area contributed by atoms with Crippen LogP contribution in [0.2, 0.25) is 0 Å². The van der Waals surface area contributed by atoms with Crippen molar-refractivity contribution in [3.05, 3.63) is 71.8 Å². The molecule has 0 radical (unpaired) electrons. The Morgan fingerprint density at radius 2 is 1.00 bits per heavy atom.